The van der Waals surface area contributed by atoms with Gasteiger partial charge in [0.2, 0.25) is 0 Å². The summed E-state index contributed by atoms with van der Waals surface area (Å²) < 4.78 is 5.23. The third kappa shape index (κ3) is 3.23. The van der Waals surface area contributed by atoms with E-state index in [4.69, 9.17) is 9.84 Å². The third-order valence-electron chi connectivity index (χ3n) is 3.61. The monoisotopic (exact) mass is 264 g/mol. The lowest BCUT2D eigenvalue weighted by atomic mass is 9.99. The molecule has 0 bridgehead atoms. The summed E-state index contributed by atoms with van der Waals surface area (Å²) in [5.74, 6) is 0.00483. The maximum Gasteiger partial charge on any atom is 0.308 e. The normalized spacial score (nSPS) is 23.5. The zero-order chi connectivity index (χ0) is 14.0. The predicted octanol–water partition coefficient (Wildman–Crippen LogP) is 1.55. The van der Waals surface area contributed by atoms with Gasteiger partial charge in [-0.1, -0.05) is 6.92 Å². The number of hydrogen-bond donors (Lipinski definition) is 1. The average Bonchev–Trinajstić information content (AvgIpc) is 2.69. The van der Waals surface area contributed by atoms with Crippen molar-refractivity contribution in [1.29, 1.82) is 0 Å². The van der Waals surface area contributed by atoms with Gasteiger partial charge in [0, 0.05) is 37.5 Å². The van der Waals surface area contributed by atoms with Crippen LogP contribution in [0.1, 0.15) is 18.3 Å². The highest BCUT2D eigenvalue weighted by Crippen LogP contribution is 2.25. The Balaban J connectivity index is 2.06. The lowest BCUT2D eigenvalue weighted by Crippen LogP contribution is -2.23. The van der Waals surface area contributed by atoms with Crippen LogP contribution in [0.25, 0.3) is 0 Å². The van der Waals surface area contributed by atoms with Crippen LogP contribution in [0.5, 0.6) is 5.75 Å². The van der Waals surface area contributed by atoms with Gasteiger partial charge in [-0.2, -0.15) is 0 Å². The Labute approximate surface area is 113 Å². The zero-order valence-electron chi connectivity index (χ0n) is 11.6. The lowest BCUT2D eigenvalue weighted by Gasteiger charge is -2.15. The van der Waals surface area contributed by atoms with E-state index in [1.54, 1.807) is 7.11 Å². The molecule has 5 heteroatoms. The Hall–Kier alpha value is -1.62. The number of carboxylic acids is 1. The quantitative estimate of drug-likeness (QED) is 0.894. The van der Waals surface area contributed by atoms with Crippen LogP contribution < -0.4 is 4.74 Å². The molecule has 0 radical (unpaired) electrons. The number of carbonyl (C=O) groups is 1. The van der Waals surface area contributed by atoms with Gasteiger partial charge < -0.3 is 9.84 Å². The zero-order valence-corrected chi connectivity index (χ0v) is 11.6. The second-order valence-corrected chi connectivity index (χ2v) is 5.26. The number of rotatable bonds is 4. The van der Waals surface area contributed by atoms with Crippen molar-refractivity contribution in [2.24, 2.45) is 11.8 Å². The van der Waals surface area contributed by atoms with Gasteiger partial charge in [0.15, 0.2) is 0 Å². The molecule has 0 aromatic carbocycles. The summed E-state index contributed by atoms with van der Waals surface area (Å²) in [6.07, 6.45) is 0. The summed E-state index contributed by atoms with van der Waals surface area (Å²) >= 11 is 0. The standard InChI is InChI=1S/C14H20N2O3/c1-9-6-16(8-13(9)14(17)18)7-11-5-12(19-3)4-10(2)15-11/h4-5,9,13H,6-8H2,1-3H3,(H,17,18). The van der Waals surface area contributed by atoms with Crippen molar-refractivity contribution in [3.05, 3.63) is 23.5 Å². The van der Waals surface area contributed by atoms with E-state index >= 15 is 0 Å². The van der Waals surface area contributed by atoms with Crippen molar-refractivity contribution in [1.82, 2.24) is 9.88 Å². The molecule has 2 heterocycles. The van der Waals surface area contributed by atoms with E-state index < -0.39 is 5.97 Å². The molecule has 0 amide bonds. The molecule has 5 nitrogen and oxygen atoms in total. The van der Waals surface area contributed by atoms with E-state index in [1.807, 2.05) is 26.0 Å². The van der Waals surface area contributed by atoms with E-state index in [1.165, 1.54) is 0 Å². The molecule has 1 N–H and O–H groups in total. The summed E-state index contributed by atoms with van der Waals surface area (Å²) in [6, 6.07) is 3.79. The summed E-state index contributed by atoms with van der Waals surface area (Å²) in [4.78, 5) is 17.7. The summed E-state index contributed by atoms with van der Waals surface area (Å²) in [5.41, 5.74) is 1.84. The number of aryl methyl sites for hydroxylation is 1. The molecule has 1 fully saturated rings. The molecule has 19 heavy (non-hydrogen) atoms. The van der Waals surface area contributed by atoms with Gasteiger partial charge in [0.05, 0.1) is 18.7 Å². The number of aromatic nitrogens is 1. The van der Waals surface area contributed by atoms with Gasteiger partial charge in [0.1, 0.15) is 5.75 Å². The fourth-order valence-corrected chi connectivity index (χ4v) is 2.65. The molecule has 2 unspecified atom stereocenters. The summed E-state index contributed by atoms with van der Waals surface area (Å²) in [7, 11) is 1.64. The van der Waals surface area contributed by atoms with Gasteiger partial charge in [-0.25, -0.2) is 0 Å². The number of pyridine rings is 1. The number of hydrogen-bond acceptors (Lipinski definition) is 4. The smallest absolute Gasteiger partial charge is 0.308 e. The average molecular weight is 264 g/mol. The van der Waals surface area contributed by atoms with Crippen molar-refractivity contribution in [2.45, 2.75) is 20.4 Å². The van der Waals surface area contributed by atoms with Crippen LogP contribution in [0.15, 0.2) is 12.1 Å². The Bertz CT molecular complexity index is 476. The fourth-order valence-electron chi connectivity index (χ4n) is 2.65. The van der Waals surface area contributed by atoms with E-state index in [0.29, 0.717) is 13.1 Å². The number of nitrogens with zero attached hydrogens (tertiary/aromatic N) is 2. The Kier molecular flexibility index (Phi) is 4.04. The molecule has 1 aliphatic heterocycles. The first-order valence-electron chi connectivity index (χ1n) is 6.46. The lowest BCUT2D eigenvalue weighted by molar-refractivity contribution is -0.142. The third-order valence-corrected chi connectivity index (χ3v) is 3.61. The van der Waals surface area contributed by atoms with E-state index in [0.717, 1.165) is 23.7 Å². The van der Waals surface area contributed by atoms with Crippen molar-refractivity contribution in [3.8, 4) is 5.75 Å². The first-order chi connectivity index (χ1) is 8.99. The Morgan fingerprint density at radius 1 is 1.53 bits per heavy atom. The number of aliphatic carboxylic acids is 1. The Morgan fingerprint density at radius 3 is 2.84 bits per heavy atom. The van der Waals surface area contributed by atoms with Crippen LogP contribution in [-0.2, 0) is 11.3 Å². The molecule has 2 atom stereocenters. The summed E-state index contributed by atoms with van der Waals surface area (Å²) in [5, 5.41) is 9.13. The van der Waals surface area contributed by atoms with Gasteiger partial charge >= 0.3 is 5.97 Å². The highest BCUT2D eigenvalue weighted by molar-refractivity contribution is 5.71. The molecule has 0 saturated carbocycles. The van der Waals surface area contributed by atoms with Gasteiger partial charge in [-0.3, -0.25) is 14.7 Å². The van der Waals surface area contributed by atoms with Crippen LogP contribution in [0, 0.1) is 18.8 Å². The fraction of sp³-hybridized carbons (Fsp3) is 0.571. The van der Waals surface area contributed by atoms with Crippen LogP contribution in [-0.4, -0.2) is 41.2 Å². The maximum atomic E-state index is 11.1. The number of ether oxygens (including phenoxy) is 1. The van der Waals surface area contributed by atoms with Crippen LogP contribution >= 0.6 is 0 Å². The van der Waals surface area contributed by atoms with E-state index in [9.17, 15) is 4.79 Å². The van der Waals surface area contributed by atoms with Crippen LogP contribution in [0.4, 0.5) is 0 Å². The van der Waals surface area contributed by atoms with E-state index in [-0.39, 0.29) is 11.8 Å². The predicted molar refractivity (Wildman–Crippen MR) is 71.1 cm³/mol. The van der Waals surface area contributed by atoms with Crippen LogP contribution in [0.3, 0.4) is 0 Å². The molecule has 1 saturated heterocycles. The molecule has 1 aliphatic rings. The number of methoxy groups -OCH3 is 1. The van der Waals surface area contributed by atoms with Crippen molar-refractivity contribution >= 4 is 5.97 Å². The molecular weight excluding hydrogens is 244 g/mol. The minimum absolute atomic E-state index is 0.184. The molecular formula is C14H20N2O3. The minimum atomic E-state index is -0.704. The maximum absolute atomic E-state index is 11.1. The van der Waals surface area contributed by atoms with Gasteiger partial charge in [-0.15, -0.1) is 0 Å². The minimum Gasteiger partial charge on any atom is -0.497 e. The molecule has 1 aromatic heterocycles. The highest BCUT2D eigenvalue weighted by atomic mass is 16.5. The molecule has 0 spiro atoms. The SMILES string of the molecule is COc1cc(C)nc(CN2CC(C)C(C(=O)O)C2)c1. The Morgan fingerprint density at radius 2 is 2.26 bits per heavy atom. The van der Waals surface area contributed by atoms with Crippen molar-refractivity contribution in [3.63, 3.8) is 0 Å². The topological polar surface area (TPSA) is 62.7 Å². The summed E-state index contributed by atoms with van der Waals surface area (Å²) in [6.45, 7) is 5.98. The highest BCUT2D eigenvalue weighted by Gasteiger charge is 2.34. The molecule has 0 aliphatic carbocycles. The van der Waals surface area contributed by atoms with Gasteiger partial charge in [-0.05, 0) is 12.8 Å². The number of carboxylic acid groups (broad SMARTS) is 1. The molecule has 104 valence electrons. The second kappa shape index (κ2) is 5.57. The number of likely N-dealkylation sites (tertiary alicyclic amines) is 1. The second-order valence-electron chi connectivity index (χ2n) is 5.26. The first kappa shape index (κ1) is 13.8. The van der Waals surface area contributed by atoms with Crippen molar-refractivity contribution < 1.29 is 14.6 Å². The molecule has 2 rings (SSSR count). The first-order valence-corrected chi connectivity index (χ1v) is 6.46. The van der Waals surface area contributed by atoms with Gasteiger partial charge in [0.25, 0.3) is 0 Å². The largest absolute Gasteiger partial charge is 0.497 e. The molecule has 1 aromatic rings. The van der Waals surface area contributed by atoms with E-state index in [2.05, 4.69) is 9.88 Å². The van der Waals surface area contributed by atoms with Crippen LogP contribution in [0.2, 0.25) is 0 Å². The van der Waals surface area contributed by atoms with Crippen molar-refractivity contribution in [2.75, 3.05) is 20.2 Å².